The first-order valence-corrected chi connectivity index (χ1v) is 5.72. The molecule has 1 saturated carbocycles. The summed E-state index contributed by atoms with van der Waals surface area (Å²) in [4.78, 5) is 2.37. The molecule has 2 heteroatoms. The SMILES string of the molecule is C#CCN(CC)C(CC)CNC1CC1. The lowest BCUT2D eigenvalue weighted by molar-refractivity contribution is 0.219. The summed E-state index contributed by atoms with van der Waals surface area (Å²) in [7, 11) is 0. The highest BCUT2D eigenvalue weighted by molar-refractivity contribution is 4.91. The molecule has 1 atom stereocenters. The van der Waals surface area contributed by atoms with Crippen LogP contribution in [0.3, 0.4) is 0 Å². The highest BCUT2D eigenvalue weighted by atomic mass is 15.2. The summed E-state index contributed by atoms with van der Waals surface area (Å²) in [5, 5.41) is 3.57. The third kappa shape index (κ3) is 3.69. The van der Waals surface area contributed by atoms with E-state index in [9.17, 15) is 0 Å². The first kappa shape index (κ1) is 11.6. The summed E-state index contributed by atoms with van der Waals surface area (Å²) in [6, 6.07) is 1.41. The monoisotopic (exact) mass is 194 g/mol. The molecule has 1 rings (SSSR count). The van der Waals surface area contributed by atoms with Crippen LogP contribution < -0.4 is 5.32 Å². The number of nitrogens with zero attached hydrogens (tertiary/aromatic N) is 1. The van der Waals surface area contributed by atoms with Gasteiger partial charge < -0.3 is 5.32 Å². The Hall–Kier alpha value is -0.520. The van der Waals surface area contributed by atoms with Crippen LogP contribution >= 0.6 is 0 Å². The Kier molecular flexibility index (Phi) is 5.00. The molecular weight excluding hydrogens is 172 g/mol. The van der Waals surface area contributed by atoms with Gasteiger partial charge >= 0.3 is 0 Å². The van der Waals surface area contributed by atoms with Gasteiger partial charge in [0.2, 0.25) is 0 Å². The molecular formula is C12H22N2. The van der Waals surface area contributed by atoms with Crippen molar-refractivity contribution in [2.24, 2.45) is 0 Å². The zero-order valence-corrected chi connectivity index (χ0v) is 9.42. The predicted molar refractivity (Wildman–Crippen MR) is 61.2 cm³/mol. The molecule has 14 heavy (non-hydrogen) atoms. The van der Waals surface area contributed by atoms with Gasteiger partial charge in [-0.15, -0.1) is 6.42 Å². The molecule has 1 N–H and O–H groups in total. The molecule has 0 aromatic heterocycles. The lowest BCUT2D eigenvalue weighted by Crippen LogP contribution is -2.42. The second-order valence-electron chi connectivity index (χ2n) is 4.01. The van der Waals surface area contributed by atoms with E-state index in [1.165, 1.54) is 19.3 Å². The molecule has 0 saturated heterocycles. The minimum atomic E-state index is 0.608. The third-order valence-corrected chi connectivity index (χ3v) is 2.91. The van der Waals surface area contributed by atoms with E-state index in [4.69, 9.17) is 6.42 Å². The number of hydrogen-bond acceptors (Lipinski definition) is 2. The topological polar surface area (TPSA) is 15.3 Å². The molecule has 0 radical (unpaired) electrons. The summed E-state index contributed by atoms with van der Waals surface area (Å²) in [6.07, 6.45) is 9.25. The normalized spacial score (nSPS) is 18.1. The first-order valence-electron chi connectivity index (χ1n) is 5.72. The molecule has 2 nitrogen and oxygen atoms in total. The van der Waals surface area contributed by atoms with Crippen molar-refractivity contribution in [2.45, 2.75) is 45.2 Å². The molecule has 1 unspecified atom stereocenters. The largest absolute Gasteiger partial charge is 0.312 e. The van der Waals surface area contributed by atoms with Crippen molar-refractivity contribution in [1.29, 1.82) is 0 Å². The molecule has 0 amide bonds. The summed E-state index contributed by atoms with van der Waals surface area (Å²) >= 11 is 0. The average Bonchev–Trinajstić information content (AvgIpc) is 3.00. The van der Waals surface area contributed by atoms with Crippen LogP contribution in [-0.4, -0.2) is 36.6 Å². The van der Waals surface area contributed by atoms with Crippen LogP contribution in [0.4, 0.5) is 0 Å². The maximum Gasteiger partial charge on any atom is 0.0601 e. The highest BCUT2D eigenvalue weighted by Gasteiger charge is 2.22. The van der Waals surface area contributed by atoms with Crippen LogP contribution in [0.2, 0.25) is 0 Å². The summed E-state index contributed by atoms with van der Waals surface area (Å²) in [5.41, 5.74) is 0. The zero-order valence-electron chi connectivity index (χ0n) is 9.42. The van der Waals surface area contributed by atoms with Crippen LogP contribution in [0.15, 0.2) is 0 Å². The second-order valence-corrected chi connectivity index (χ2v) is 4.01. The van der Waals surface area contributed by atoms with Crippen molar-refractivity contribution >= 4 is 0 Å². The van der Waals surface area contributed by atoms with E-state index < -0.39 is 0 Å². The van der Waals surface area contributed by atoms with Gasteiger partial charge in [-0.3, -0.25) is 4.90 Å². The van der Waals surface area contributed by atoms with E-state index in [1.54, 1.807) is 0 Å². The number of likely N-dealkylation sites (N-methyl/N-ethyl adjacent to an activating group) is 1. The maximum absolute atomic E-state index is 5.35. The fourth-order valence-corrected chi connectivity index (χ4v) is 1.74. The van der Waals surface area contributed by atoms with Crippen molar-refractivity contribution in [3.63, 3.8) is 0 Å². The van der Waals surface area contributed by atoms with Gasteiger partial charge in [0.15, 0.2) is 0 Å². The Morgan fingerprint density at radius 2 is 2.21 bits per heavy atom. The fourth-order valence-electron chi connectivity index (χ4n) is 1.74. The van der Waals surface area contributed by atoms with E-state index in [1.807, 2.05) is 0 Å². The zero-order chi connectivity index (χ0) is 10.4. The van der Waals surface area contributed by atoms with E-state index in [2.05, 4.69) is 30.0 Å². The minimum Gasteiger partial charge on any atom is -0.312 e. The van der Waals surface area contributed by atoms with Gasteiger partial charge in [0.25, 0.3) is 0 Å². The average molecular weight is 194 g/mol. The number of rotatable bonds is 7. The van der Waals surface area contributed by atoms with E-state index in [-0.39, 0.29) is 0 Å². The summed E-state index contributed by atoms with van der Waals surface area (Å²) < 4.78 is 0. The Bertz CT molecular complexity index is 191. The van der Waals surface area contributed by atoms with E-state index in [0.717, 1.165) is 25.7 Å². The van der Waals surface area contributed by atoms with Crippen molar-refractivity contribution < 1.29 is 0 Å². The molecule has 0 bridgehead atoms. The van der Waals surface area contributed by atoms with Crippen molar-refractivity contribution in [3.05, 3.63) is 0 Å². The summed E-state index contributed by atoms with van der Waals surface area (Å²) in [5.74, 6) is 2.73. The lowest BCUT2D eigenvalue weighted by atomic mass is 10.2. The van der Waals surface area contributed by atoms with Crippen LogP contribution in [0.1, 0.15) is 33.1 Å². The molecule has 80 valence electrons. The smallest absolute Gasteiger partial charge is 0.0601 e. The molecule has 1 aliphatic carbocycles. The Balaban J connectivity index is 2.28. The van der Waals surface area contributed by atoms with Crippen LogP contribution in [0.5, 0.6) is 0 Å². The Morgan fingerprint density at radius 1 is 1.50 bits per heavy atom. The van der Waals surface area contributed by atoms with Gasteiger partial charge in [-0.25, -0.2) is 0 Å². The standard InChI is InChI=1S/C12H22N2/c1-4-9-14(6-3)12(5-2)10-13-11-7-8-11/h1,11-13H,5-10H2,2-3H3. The molecule has 0 heterocycles. The molecule has 1 aliphatic rings. The number of terminal acetylenes is 1. The van der Waals surface area contributed by atoms with E-state index in [0.29, 0.717) is 6.04 Å². The van der Waals surface area contributed by atoms with Crippen LogP contribution in [0, 0.1) is 12.3 Å². The number of nitrogens with one attached hydrogen (secondary N) is 1. The lowest BCUT2D eigenvalue weighted by Gasteiger charge is -2.28. The van der Waals surface area contributed by atoms with Crippen molar-refractivity contribution in [3.8, 4) is 12.3 Å². The maximum atomic E-state index is 5.35. The molecule has 1 fully saturated rings. The first-order chi connectivity index (χ1) is 6.81. The molecule has 0 spiro atoms. The highest BCUT2D eigenvalue weighted by Crippen LogP contribution is 2.18. The van der Waals surface area contributed by atoms with Crippen molar-refractivity contribution in [1.82, 2.24) is 10.2 Å². The molecule has 0 aliphatic heterocycles. The van der Waals surface area contributed by atoms with Crippen molar-refractivity contribution in [2.75, 3.05) is 19.6 Å². The minimum absolute atomic E-state index is 0.608. The second kappa shape index (κ2) is 6.06. The van der Waals surface area contributed by atoms with Gasteiger partial charge in [0.1, 0.15) is 0 Å². The fraction of sp³-hybridized carbons (Fsp3) is 0.833. The van der Waals surface area contributed by atoms with Gasteiger partial charge in [-0.1, -0.05) is 19.8 Å². The number of hydrogen-bond donors (Lipinski definition) is 1. The van der Waals surface area contributed by atoms with Crippen LogP contribution in [-0.2, 0) is 0 Å². The predicted octanol–water partition coefficient (Wildman–Crippen LogP) is 1.47. The molecule has 0 aromatic carbocycles. The third-order valence-electron chi connectivity index (χ3n) is 2.91. The Labute approximate surface area is 88.1 Å². The van der Waals surface area contributed by atoms with E-state index >= 15 is 0 Å². The van der Waals surface area contributed by atoms with Crippen LogP contribution in [0.25, 0.3) is 0 Å². The van der Waals surface area contributed by atoms with Gasteiger partial charge in [0.05, 0.1) is 6.54 Å². The quantitative estimate of drug-likeness (QED) is 0.617. The van der Waals surface area contributed by atoms with Gasteiger partial charge in [-0.05, 0) is 25.8 Å². The Morgan fingerprint density at radius 3 is 2.64 bits per heavy atom. The van der Waals surface area contributed by atoms with Gasteiger partial charge in [0, 0.05) is 18.6 Å². The van der Waals surface area contributed by atoms with Gasteiger partial charge in [-0.2, -0.15) is 0 Å². The summed E-state index contributed by atoms with van der Waals surface area (Å²) in [6.45, 7) is 7.34. The molecule has 0 aromatic rings.